The molecule has 3 N–H and O–H groups in total. The number of amides is 2. The number of nitrogens with two attached hydrogens (primary N) is 1. The zero-order valence-corrected chi connectivity index (χ0v) is 7.41. The molecule has 1 fully saturated rings. The third kappa shape index (κ3) is 2.09. The van der Waals surface area contributed by atoms with Crippen LogP contribution in [0.1, 0.15) is 0 Å². The minimum absolute atomic E-state index is 0.0418. The predicted molar refractivity (Wildman–Crippen MR) is 44.8 cm³/mol. The number of rotatable bonds is 1. The van der Waals surface area contributed by atoms with Crippen molar-refractivity contribution in [2.75, 3.05) is 27.3 Å². The molecule has 1 rings (SSSR count). The van der Waals surface area contributed by atoms with Gasteiger partial charge in [-0.2, -0.15) is 0 Å². The summed E-state index contributed by atoms with van der Waals surface area (Å²) in [5.74, 6) is 0. The molecule has 0 saturated carbocycles. The van der Waals surface area contributed by atoms with Gasteiger partial charge in [-0.1, -0.05) is 0 Å². The highest BCUT2D eigenvalue weighted by atomic mass is 16.5. The first-order valence-corrected chi connectivity index (χ1v) is 3.92. The van der Waals surface area contributed by atoms with Crippen molar-refractivity contribution in [3.63, 3.8) is 0 Å². The summed E-state index contributed by atoms with van der Waals surface area (Å²) in [5.41, 5.74) is 5.67. The number of hydrogen-bond donors (Lipinski definition) is 2. The van der Waals surface area contributed by atoms with Gasteiger partial charge in [-0.15, -0.1) is 0 Å². The fraction of sp³-hybridized carbons (Fsp3) is 0.857. The minimum atomic E-state index is -0.124. The first kappa shape index (κ1) is 9.28. The summed E-state index contributed by atoms with van der Waals surface area (Å²) < 4.78 is 5.09. The number of carbonyl (C=O) groups excluding carboxylic acids is 1. The number of nitrogens with one attached hydrogen (secondary N) is 1. The van der Waals surface area contributed by atoms with Gasteiger partial charge < -0.3 is 20.7 Å². The van der Waals surface area contributed by atoms with Crippen molar-refractivity contribution >= 4 is 6.03 Å². The Balaban J connectivity index is 2.35. The topological polar surface area (TPSA) is 67.6 Å². The molecule has 0 radical (unpaired) electrons. The quantitative estimate of drug-likeness (QED) is 0.533. The Kier molecular flexibility index (Phi) is 2.88. The molecule has 70 valence electrons. The summed E-state index contributed by atoms with van der Waals surface area (Å²) in [4.78, 5) is 12.6. The van der Waals surface area contributed by atoms with Crippen molar-refractivity contribution in [1.29, 1.82) is 0 Å². The standard InChI is InChI=1S/C7H15N3O2/c1-10(2)7(11)9-6-4-12-3-5(6)8/h5-6H,3-4,8H2,1-2H3,(H,9,11). The van der Waals surface area contributed by atoms with Crippen LogP contribution < -0.4 is 11.1 Å². The molecule has 0 spiro atoms. The van der Waals surface area contributed by atoms with Gasteiger partial charge in [0.2, 0.25) is 0 Å². The fourth-order valence-corrected chi connectivity index (χ4v) is 1.01. The molecule has 2 atom stereocenters. The highest BCUT2D eigenvalue weighted by Gasteiger charge is 2.26. The molecule has 12 heavy (non-hydrogen) atoms. The number of hydrogen-bond acceptors (Lipinski definition) is 3. The van der Waals surface area contributed by atoms with Crippen molar-refractivity contribution in [2.24, 2.45) is 5.73 Å². The average Bonchev–Trinajstić information content (AvgIpc) is 2.36. The molecule has 1 aliphatic rings. The molecule has 2 unspecified atom stereocenters. The molecule has 0 bridgehead atoms. The van der Waals surface area contributed by atoms with Crippen LogP contribution in [0.25, 0.3) is 0 Å². The van der Waals surface area contributed by atoms with Gasteiger partial charge in [-0.05, 0) is 0 Å². The van der Waals surface area contributed by atoms with Crippen molar-refractivity contribution in [2.45, 2.75) is 12.1 Å². The Morgan fingerprint density at radius 2 is 2.25 bits per heavy atom. The Morgan fingerprint density at radius 3 is 2.67 bits per heavy atom. The highest BCUT2D eigenvalue weighted by Crippen LogP contribution is 2.02. The van der Waals surface area contributed by atoms with Crippen LogP contribution in [0.15, 0.2) is 0 Å². The van der Waals surface area contributed by atoms with E-state index >= 15 is 0 Å². The first-order valence-electron chi connectivity index (χ1n) is 3.92. The number of nitrogens with zero attached hydrogens (tertiary/aromatic N) is 1. The van der Waals surface area contributed by atoms with E-state index in [1.165, 1.54) is 4.90 Å². The van der Waals surface area contributed by atoms with Gasteiger partial charge in [0.15, 0.2) is 0 Å². The van der Waals surface area contributed by atoms with E-state index < -0.39 is 0 Å². The summed E-state index contributed by atoms with van der Waals surface area (Å²) in [7, 11) is 3.38. The van der Waals surface area contributed by atoms with Gasteiger partial charge in [0.25, 0.3) is 0 Å². The third-order valence-electron chi connectivity index (χ3n) is 1.84. The largest absolute Gasteiger partial charge is 0.378 e. The van der Waals surface area contributed by atoms with Gasteiger partial charge in [-0.3, -0.25) is 0 Å². The summed E-state index contributed by atoms with van der Waals surface area (Å²) in [6.45, 7) is 1.04. The second-order valence-corrected chi connectivity index (χ2v) is 3.15. The van der Waals surface area contributed by atoms with Crippen molar-refractivity contribution in [1.82, 2.24) is 10.2 Å². The Morgan fingerprint density at radius 1 is 1.58 bits per heavy atom. The van der Waals surface area contributed by atoms with Gasteiger partial charge in [0, 0.05) is 14.1 Å². The van der Waals surface area contributed by atoms with Gasteiger partial charge in [0.05, 0.1) is 25.3 Å². The average molecular weight is 173 g/mol. The zero-order chi connectivity index (χ0) is 9.14. The van der Waals surface area contributed by atoms with Crippen LogP contribution in [0.4, 0.5) is 4.79 Å². The maximum absolute atomic E-state index is 11.1. The van der Waals surface area contributed by atoms with Crippen molar-refractivity contribution in [3.05, 3.63) is 0 Å². The van der Waals surface area contributed by atoms with Crippen LogP contribution in [0.3, 0.4) is 0 Å². The lowest BCUT2D eigenvalue weighted by Gasteiger charge is -2.18. The van der Waals surface area contributed by atoms with Gasteiger partial charge in [0.1, 0.15) is 0 Å². The van der Waals surface area contributed by atoms with Crippen LogP contribution in [0.2, 0.25) is 0 Å². The number of urea groups is 1. The van der Waals surface area contributed by atoms with Gasteiger partial charge in [-0.25, -0.2) is 4.79 Å². The molecule has 0 aromatic carbocycles. The van der Waals surface area contributed by atoms with Crippen LogP contribution in [0.5, 0.6) is 0 Å². The summed E-state index contributed by atoms with van der Waals surface area (Å²) in [6.07, 6.45) is 0. The van der Waals surface area contributed by atoms with E-state index in [0.717, 1.165) is 0 Å². The fourth-order valence-electron chi connectivity index (χ4n) is 1.01. The first-order chi connectivity index (χ1) is 5.61. The number of carbonyl (C=O) groups is 1. The maximum Gasteiger partial charge on any atom is 0.317 e. The normalized spacial score (nSPS) is 28.6. The van der Waals surface area contributed by atoms with E-state index in [2.05, 4.69) is 5.32 Å². The van der Waals surface area contributed by atoms with Crippen molar-refractivity contribution < 1.29 is 9.53 Å². The molecule has 1 aliphatic heterocycles. The molecule has 1 heterocycles. The molecule has 0 aliphatic carbocycles. The Bertz CT molecular complexity index is 172. The van der Waals surface area contributed by atoms with Crippen LogP contribution in [-0.2, 0) is 4.74 Å². The maximum atomic E-state index is 11.1. The van der Waals surface area contributed by atoms with Crippen molar-refractivity contribution in [3.8, 4) is 0 Å². The monoisotopic (exact) mass is 173 g/mol. The third-order valence-corrected chi connectivity index (χ3v) is 1.84. The van der Waals surface area contributed by atoms with E-state index in [1.54, 1.807) is 14.1 Å². The lowest BCUT2D eigenvalue weighted by Crippen LogP contribution is -2.49. The van der Waals surface area contributed by atoms with Gasteiger partial charge >= 0.3 is 6.03 Å². The Hall–Kier alpha value is -0.810. The van der Waals surface area contributed by atoms with E-state index in [-0.39, 0.29) is 18.1 Å². The molecular weight excluding hydrogens is 158 g/mol. The second kappa shape index (κ2) is 3.73. The van der Waals surface area contributed by atoms with E-state index in [9.17, 15) is 4.79 Å². The minimum Gasteiger partial charge on any atom is -0.378 e. The highest BCUT2D eigenvalue weighted by molar-refractivity contribution is 5.73. The smallest absolute Gasteiger partial charge is 0.317 e. The van der Waals surface area contributed by atoms with Crippen LogP contribution >= 0.6 is 0 Å². The number of ether oxygens (including phenoxy) is 1. The van der Waals surface area contributed by atoms with E-state index in [1.807, 2.05) is 0 Å². The zero-order valence-electron chi connectivity index (χ0n) is 7.41. The molecule has 0 aromatic rings. The lowest BCUT2D eigenvalue weighted by atomic mass is 10.2. The Labute approximate surface area is 71.8 Å². The molecular formula is C7H15N3O2. The van der Waals surface area contributed by atoms with Crippen LogP contribution in [-0.4, -0.2) is 50.3 Å². The molecule has 5 heteroatoms. The second-order valence-electron chi connectivity index (χ2n) is 3.15. The molecule has 1 saturated heterocycles. The van der Waals surface area contributed by atoms with E-state index in [4.69, 9.17) is 10.5 Å². The van der Waals surface area contributed by atoms with Crippen LogP contribution in [0, 0.1) is 0 Å². The summed E-state index contributed by atoms with van der Waals surface area (Å²) >= 11 is 0. The molecule has 0 aromatic heterocycles. The summed E-state index contributed by atoms with van der Waals surface area (Å²) in [6, 6.07) is -0.241. The lowest BCUT2D eigenvalue weighted by molar-refractivity contribution is 0.183. The summed E-state index contributed by atoms with van der Waals surface area (Å²) in [5, 5.41) is 2.77. The SMILES string of the molecule is CN(C)C(=O)NC1COCC1N. The predicted octanol–water partition coefficient (Wildman–Crippen LogP) is -1.02. The molecule has 5 nitrogen and oxygen atoms in total. The van der Waals surface area contributed by atoms with E-state index in [0.29, 0.717) is 13.2 Å². The molecule has 2 amide bonds.